The quantitative estimate of drug-likeness (QED) is 0.569. The van der Waals surface area contributed by atoms with Gasteiger partial charge in [0.1, 0.15) is 0 Å². The van der Waals surface area contributed by atoms with Crippen LogP contribution in [0.4, 0.5) is 8.78 Å². The third kappa shape index (κ3) is 3.01. The second-order valence-electron chi connectivity index (χ2n) is 3.09. The van der Waals surface area contributed by atoms with E-state index in [-0.39, 0.29) is 12.2 Å². The van der Waals surface area contributed by atoms with Gasteiger partial charge in [0, 0.05) is 0 Å². The van der Waals surface area contributed by atoms with Crippen molar-refractivity contribution in [2.24, 2.45) is 0 Å². The highest BCUT2D eigenvalue weighted by atomic mass is 19.2. The van der Waals surface area contributed by atoms with E-state index in [2.05, 4.69) is 0 Å². The zero-order valence-corrected chi connectivity index (χ0v) is 8.43. The molecule has 4 heteroatoms. The first kappa shape index (κ1) is 11.6. The molecule has 0 aliphatic carbocycles. The maximum absolute atomic E-state index is 13.1. The first-order valence-corrected chi connectivity index (χ1v) is 4.78. The highest BCUT2D eigenvalue weighted by Crippen LogP contribution is 2.12. The van der Waals surface area contributed by atoms with Crippen molar-refractivity contribution in [2.75, 3.05) is 6.61 Å². The van der Waals surface area contributed by atoms with Gasteiger partial charge in [0.15, 0.2) is 11.6 Å². The molecule has 82 valence electrons. The molecule has 0 spiro atoms. The van der Waals surface area contributed by atoms with Gasteiger partial charge in [0.2, 0.25) is 0 Å². The number of esters is 1. The Hall–Kier alpha value is -1.45. The zero-order valence-electron chi connectivity index (χ0n) is 8.43. The van der Waals surface area contributed by atoms with Crippen LogP contribution in [0, 0.1) is 11.6 Å². The van der Waals surface area contributed by atoms with E-state index in [0.29, 0.717) is 6.42 Å². The molecule has 1 aromatic carbocycles. The summed E-state index contributed by atoms with van der Waals surface area (Å²) in [6.45, 7) is 2.17. The minimum absolute atomic E-state index is 0.227. The topological polar surface area (TPSA) is 26.3 Å². The van der Waals surface area contributed by atoms with Crippen molar-refractivity contribution < 1.29 is 18.3 Å². The van der Waals surface area contributed by atoms with Gasteiger partial charge in [0.25, 0.3) is 0 Å². The molecule has 0 aromatic heterocycles. The maximum atomic E-state index is 13.1. The van der Waals surface area contributed by atoms with Crippen LogP contribution in [-0.4, -0.2) is 12.6 Å². The second kappa shape index (κ2) is 5.44. The van der Waals surface area contributed by atoms with E-state index >= 15 is 0 Å². The molecular formula is C11H12F2O2. The Balaban J connectivity index is 2.69. The van der Waals surface area contributed by atoms with Gasteiger partial charge < -0.3 is 4.74 Å². The average Bonchev–Trinajstić information content (AvgIpc) is 2.22. The highest BCUT2D eigenvalue weighted by Gasteiger charge is 2.15. The Bertz CT molecular complexity index is 350. The molecule has 0 bridgehead atoms. The molecule has 0 N–H and O–H groups in total. The van der Waals surface area contributed by atoms with E-state index in [0.717, 1.165) is 12.5 Å². The molecule has 0 saturated heterocycles. The smallest absolute Gasteiger partial charge is 0.341 e. The van der Waals surface area contributed by atoms with Crippen LogP contribution >= 0.6 is 0 Å². The molecule has 0 aliphatic rings. The normalized spacial score (nSPS) is 10.1. The van der Waals surface area contributed by atoms with Crippen LogP contribution < -0.4 is 0 Å². The van der Waals surface area contributed by atoms with Crippen molar-refractivity contribution in [2.45, 2.75) is 19.8 Å². The summed E-state index contributed by atoms with van der Waals surface area (Å²) in [6, 6.07) is 3.43. The van der Waals surface area contributed by atoms with E-state index < -0.39 is 17.6 Å². The van der Waals surface area contributed by atoms with Gasteiger partial charge in [-0.25, -0.2) is 13.6 Å². The summed E-state index contributed by atoms with van der Waals surface area (Å²) < 4.78 is 30.6. The second-order valence-corrected chi connectivity index (χ2v) is 3.09. The molecule has 0 radical (unpaired) electrons. The molecule has 0 aliphatic heterocycles. The fraction of sp³-hybridized carbons (Fsp3) is 0.364. The molecule has 1 aromatic rings. The van der Waals surface area contributed by atoms with Crippen molar-refractivity contribution in [3.8, 4) is 0 Å². The van der Waals surface area contributed by atoms with Crippen molar-refractivity contribution in [1.82, 2.24) is 0 Å². The lowest BCUT2D eigenvalue weighted by Gasteiger charge is -2.04. The number of hydrogen-bond donors (Lipinski definition) is 0. The summed E-state index contributed by atoms with van der Waals surface area (Å²) in [4.78, 5) is 11.3. The number of rotatable bonds is 4. The fourth-order valence-electron chi connectivity index (χ4n) is 1.05. The molecular weight excluding hydrogens is 202 g/mol. The number of halogens is 2. The Morgan fingerprint density at radius 3 is 2.80 bits per heavy atom. The van der Waals surface area contributed by atoms with E-state index in [9.17, 15) is 13.6 Å². The van der Waals surface area contributed by atoms with Gasteiger partial charge in [-0.1, -0.05) is 19.4 Å². The number of benzene rings is 1. The molecule has 2 nitrogen and oxygen atoms in total. The lowest BCUT2D eigenvalue weighted by molar-refractivity contribution is 0.0493. The molecule has 0 unspecified atom stereocenters. The summed E-state index contributed by atoms with van der Waals surface area (Å²) in [7, 11) is 0. The van der Waals surface area contributed by atoms with Crippen molar-refractivity contribution in [3.63, 3.8) is 0 Å². The summed E-state index contributed by atoms with van der Waals surface area (Å²) >= 11 is 0. The summed E-state index contributed by atoms with van der Waals surface area (Å²) in [5.41, 5.74) is -0.355. The lowest BCUT2D eigenvalue weighted by atomic mass is 10.2. The average molecular weight is 214 g/mol. The van der Waals surface area contributed by atoms with E-state index in [1.807, 2.05) is 6.92 Å². The van der Waals surface area contributed by atoms with Gasteiger partial charge >= 0.3 is 5.97 Å². The van der Waals surface area contributed by atoms with Crippen LogP contribution in [0.3, 0.4) is 0 Å². The standard InChI is InChI=1S/C11H12F2O2/c1-2-3-7-15-11(14)8-5-4-6-9(12)10(8)13/h4-6H,2-3,7H2,1H3. The van der Waals surface area contributed by atoms with Crippen molar-refractivity contribution in [1.29, 1.82) is 0 Å². The summed E-state index contributed by atoms with van der Waals surface area (Å²) in [5, 5.41) is 0. The van der Waals surface area contributed by atoms with Crippen LogP contribution in [0.15, 0.2) is 18.2 Å². The number of hydrogen-bond acceptors (Lipinski definition) is 2. The van der Waals surface area contributed by atoms with Gasteiger partial charge in [0.05, 0.1) is 12.2 Å². The van der Waals surface area contributed by atoms with Gasteiger partial charge in [-0.3, -0.25) is 0 Å². The molecule has 15 heavy (non-hydrogen) atoms. The molecule has 0 saturated carbocycles. The van der Waals surface area contributed by atoms with Crippen molar-refractivity contribution >= 4 is 5.97 Å². The number of unbranched alkanes of at least 4 members (excludes halogenated alkanes) is 1. The van der Waals surface area contributed by atoms with Gasteiger partial charge in [-0.15, -0.1) is 0 Å². The summed E-state index contributed by atoms with van der Waals surface area (Å²) in [5.74, 6) is -3.01. The Labute approximate surface area is 86.9 Å². The van der Waals surface area contributed by atoms with Crippen LogP contribution in [0.25, 0.3) is 0 Å². The first-order chi connectivity index (χ1) is 7.16. The van der Waals surface area contributed by atoms with Crippen LogP contribution in [0.1, 0.15) is 30.1 Å². The fourth-order valence-corrected chi connectivity index (χ4v) is 1.05. The van der Waals surface area contributed by atoms with Crippen LogP contribution in [-0.2, 0) is 4.74 Å². The maximum Gasteiger partial charge on any atom is 0.341 e. The van der Waals surface area contributed by atoms with E-state index in [1.165, 1.54) is 12.1 Å². The van der Waals surface area contributed by atoms with E-state index in [1.54, 1.807) is 0 Å². The molecule has 0 amide bonds. The zero-order chi connectivity index (χ0) is 11.3. The largest absolute Gasteiger partial charge is 0.462 e. The molecule has 0 atom stereocenters. The third-order valence-corrected chi connectivity index (χ3v) is 1.90. The predicted octanol–water partition coefficient (Wildman–Crippen LogP) is 2.92. The summed E-state index contributed by atoms with van der Waals surface area (Å²) in [6.07, 6.45) is 1.58. The van der Waals surface area contributed by atoms with Gasteiger partial charge in [-0.2, -0.15) is 0 Å². The van der Waals surface area contributed by atoms with E-state index in [4.69, 9.17) is 4.74 Å². The minimum atomic E-state index is -1.15. The monoisotopic (exact) mass is 214 g/mol. The first-order valence-electron chi connectivity index (χ1n) is 4.78. The minimum Gasteiger partial charge on any atom is -0.462 e. The lowest BCUT2D eigenvalue weighted by Crippen LogP contribution is -2.09. The molecule has 0 fully saturated rings. The molecule has 1 rings (SSSR count). The highest BCUT2D eigenvalue weighted by molar-refractivity contribution is 5.89. The van der Waals surface area contributed by atoms with Crippen LogP contribution in [0.2, 0.25) is 0 Å². The SMILES string of the molecule is CCCCOC(=O)c1cccc(F)c1F. The number of carbonyl (C=O) groups excluding carboxylic acids is 1. The third-order valence-electron chi connectivity index (χ3n) is 1.90. The predicted molar refractivity (Wildman–Crippen MR) is 51.5 cm³/mol. The number of ether oxygens (including phenoxy) is 1. The Kier molecular flexibility index (Phi) is 4.21. The Morgan fingerprint density at radius 1 is 1.40 bits per heavy atom. The van der Waals surface area contributed by atoms with Gasteiger partial charge in [-0.05, 0) is 18.6 Å². The Morgan fingerprint density at radius 2 is 2.13 bits per heavy atom. The number of carbonyl (C=O) groups is 1. The van der Waals surface area contributed by atoms with Crippen LogP contribution in [0.5, 0.6) is 0 Å². The molecule has 0 heterocycles. The van der Waals surface area contributed by atoms with Crippen molar-refractivity contribution in [3.05, 3.63) is 35.4 Å².